The van der Waals surface area contributed by atoms with Crippen LogP contribution in [0, 0.1) is 18.3 Å². The molecule has 1 N–H and O–H groups in total. The first-order valence-corrected chi connectivity index (χ1v) is 9.43. The van der Waals surface area contributed by atoms with Gasteiger partial charge in [-0.15, -0.1) is 0 Å². The van der Waals surface area contributed by atoms with Gasteiger partial charge in [0.15, 0.2) is 0 Å². The molecule has 3 aromatic rings. The van der Waals surface area contributed by atoms with Gasteiger partial charge in [0.25, 0.3) is 5.91 Å². The van der Waals surface area contributed by atoms with E-state index >= 15 is 0 Å². The Kier molecular flexibility index (Phi) is 6.86. The van der Waals surface area contributed by atoms with Crippen LogP contribution in [0.15, 0.2) is 78.4 Å². The number of methoxy groups -OCH3 is 1. The van der Waals surface area contributed by atoms with Crippen molar-refractivity contribution in [3.05, 3.63) is 95.1 Å². The van der Waals surface area contributed by atoms with Crippen molar-refractivity contribution in [3.8, 4) is 17.6 Å². The van der Waals surface area contributed by atoms with Crippen LogP contribution in [0.1, 0.15) is 16.7 Å². The topological polar surface area (TPSA) is 71.3 Å². The Balaban J connectivity index is 1.64. The van der Waals surface area contributed by atoms with Crippen LogP contribution < -0.4 is 14.8 Å². The molecule has 0 unspecified atom stereocenters. The Morgan fingerprint density at radius 3 is 2.37 bits per heavy atom. The maximum absolute atomic E-state index is 12.5. The van der Waals surface area contributed by atoms with Crippen molar-refractivity contribution >= 4 is 17.7 Å². The van der Waals surface area contributed by atoms with Crippen LogP contribution in [0.25, 0.3) is 6.08 Å². The highest BCUT2D eigenvalue weighted by Gasteiger charge is 2.11. The van der Waals surface area contributed by atoms with Crippen LogP contribution in [0.4, 0.5) is 5.69 Å². The van der Waals surface area contributed by atoms with Gasteiger partial charge in [-0.1, -0.05) is 36.4 Å². The molecule has 3 aromatic carbocycles. The molecule has 0 saturated carbocycles. The average Bonchev–Trinajstić information content (AvgIpc) is 2.78. The van der Waals surface area contributed by atoms with Crippen molar-refractivity contribution in [3.63, 3.8) is 0 Å². The quantitative estimate of drug-likeness (QED) is 0.442. The zero-order valence-corrected chi connectivity index (χ0v) is 16.9. The second-order valence-electron chi connectivity index (χ2n) is 6.65. The van der Waals surface area contributed by atoms with Crippen molar-refractivity contribution in [2.75, 3.05) is 12.4 Å². The molecule has 1 amide bonds. The molecule has 5 nitrogen and oxygen atoms in total. The average molecular weight is 398 g/mol. The van der Waals surface area contributed by atoms with E-state index in [-0.39, 0.29) is 5.57 Å². The smallest absolute Gasteiger partial charge is 0.266 e. The van der Waals surface area contributed by atoms with Crippen LogP contribution in [0.5, 0.6) is 11.5 Å². The summed E-state index contributed by atoms with van der Waals surface area (Å²) in [6.45, 7) is 2.37. The lowest BCUT2D eigenvalue weighted by molar-refractivity contribution is -0.112. The van der Waals surface area contributed by atoms with E-state index in [1.807, 2.05) is 55.5 Å². The third-order valence-electron chi connectivity index (χ3n) is 4.50. The third-order valence-corrected chi connectivity index (χ3v) is 4.50. The van der Waals surface area contributed by atoms with Gasteiger partial charge in [0.05, 0.1) is 7.11 Å². The number of benzene rings is 3. The summed E-state index contributed by atoms with van der Waals surface area (Å²) in [5.74, 6) is 0.953. The highest BCUT2D eigenvalue weighted by molar-refractivity contribution is 6.09. The normalized spacial score (nSPS) is 10.8. The fourth-order valence-electron chi connectivity index (χ4n) is 2.82. The predicted octanol–water partition coefficient (Wildman–Crippen LogP) is 5.13. The molecule has 0 aromatic heterocycles. The molecular formula is C25H22N2O3. The molecule has 0 heterocycles. The van der Waals surface area contributed by atoms with Gasteiger partial charge in [-0.25, -0.2) is 0 Å². The Labute approximate surface area is 176 Å². The number of carbonyl (C=O) groups excluding carboxylic acids is 1. The number of anilines is 1. The van der Waals surface area contributed by atoms with E-state index in [9.17, 15) is 10.1 Å². The number of rotatable bonds is 7. The summed E-state index contributed by atoms with van der Waals surface area (Å²) in [6, 6.07) is 24.4. The summed E-state index contributed by atoms with van der Waals surface area (Å²) in [5.41, 5.74) is 3.38. The fourth-order valence-corrected chi connectivity index (χ4v) is 2.82. The molecule has 0 bridgehead atoms. The molecule has 30 heavy (non-hydrogen) atoms. The van der Waals surface area contributed by atoms with Gasteiger partial charge in [0.2, 0.25) is 0 Å². The highest BCUT2D eigenvalue weighted by atomic mass is 16.5. The van der Waals surface area contributed by atoms with Crippen LogP contribution in [-0.2, 0) is 11.4 Å². The molecule has 0 fully saturated rings. The van der Waals surface area contributed by atoms with Gasteiger partial charge in [-0.2, -0.15) is 5.26 Å². The van der Waals surface area contributed by atoms with Crippen molar-refractivity contribution < 1.29 is 14.3 Å². The summed E-state index contributed by atoms with van der Waals surface area (Å²) in [4.78, 5) is 12.5. The van der Waals surface area contributed by atoms with Crippen LogP contribution >= 0.6 is 0 Å². The van der Waals surface area contributed by atoms with E-state index in [1.165, 1.54) is 0 Å². The van der Waals surface area contributed by atoms with E-state index < -0.39 is 5.91 Å². The number of nitriles is 1. The van der Waals surface area contributed by atoms with E-state index in [1.54, 1.807) is 43.5 Å². The summed E-state index contributed by atoms with van der Waals surface area (Å²) < 4.78 is 10.9. The highest BCUT2D eigenvalue weighted by Crippen LogP contribution is 2.21. The maximum Gasteiger partial charge on any atom is 0.266 e. The molecule has 0 aliphatic heterocycles. The Bertz CT molecular complexity index is 1080. The van der Waals surface area contributed by atoms with Crippen LogP contribution in [0.2, 0.25) is 0 Å². The minimum absolute atomic E-state index is 0.0210. The minimum atomic E-state index is -0.467. The number of hydrogen-bond donors (Lipinski definition) is 1. The summed E-state index contributed by atoms with van der Waals surface area (Å²) in [7, 11) is 1.59. The number of nitrogens with zero attached hydrogens (tertiary/aromatic N) is 1. The van der Waals surface area contributed by atoms with Gasteiger partial charge in [-0.05, 0) is 66.1 Å². The second-order valence-corrected chi connectivity index (χ2v) is 6.65. The molecule has 0 radical (unpaired) electrons. The number of amides is 1. The van der Waals surface area contributed by atoms with Crippen molar-refractivity contribution in [1.82, 2.24) is 0 Å². The van der Waals surface area contributed by atoms with Crippen molar-refractivity contribution in [1.29, 1.82) is 5.26 Å². The molecule has 0 atom stereocenters. The SMILES string of the molecule is COc1ccc(/C=C(\C#N)C(=O)Nc2ccc(OCc3ccccc3)cc2)c(C)c1. The molecule has 0 saturated heterocycles. The maximum atomic E-state index is 12.5. The largest absolute Gasteiger partial charge is 0.497 e. The Morgan fingerprint density at radius 1 is 1.03 bits per heavy atom. The zero-order valence-electron chi connectivity index (χ0n) is 16.9. The monoisotopic (exact) mass is 398 g/mol. The van der Waals surface area contributed by atoms with E-state index in [0.717, 1.165) is 22.4 Å². The van der Waals surface area contributed by atoms with Gasteiger partial charge in [-0.3, -0.25) is 4.79 Å². The second kappa shape index (κ2) is 9.94. The summed E-state index contributed by atoms with van der Waals surface area (Å²) in [5, 5.41) is 12.2. The molecular weight excluding hydrogens is 376 g/mol. The lowest BCUT2D eigenvalue weighted by Gasteiger charge is -2.09. The molecule has 5 heteroatoms. The molecule has 0 spiro atoms. The van der Waals surface area contributed by atoms with Gasteiger partial charge in [0, 0.05) is 5.69 Å². The zero-order chi connectivity index (χ0) is 21.3. The number of aryl methyl sites for hydroxylation is 1. The van der Waals surface area contributed by atoms with Gasteiger partial charge in [0.1, 0.15) is 29.7 Å². The standard InChI is InChI=1S/C25H22N2O3/c1-18-14-24(29-2)11-8-20(18)15-21(16-26)25(28)27-22-9-12-23(13-10-22)30-17-19-6-4-3-5-7-19/h3-15H,17H2,1-2H3,(H,27,28)/b21-15+. The van der Waals surface area contributed by atoms with Gasteiger partial charge >= 0.3 is 0 Å². The predicted molar refractivity (Wildman–Crippen MR) is 117 cm³/mol. The first-order valence-electron chi connectivity index (χ1n) is 9.43. The van der Waals surface area contributed by atoms with Gasteiger partial charge < -0.3 is 14.8 Å². The van der Waals surface area contributed by atoms with E-state index in [4.69, 9.17) is 9.47 Å². The number of carbonyl (C=O) groups is 1. The lowest BCUT2D eigenvalue weighted by Crippen LogP contribution is -2.13. The van der Waals surface area contributed by atoms with Crippen molar-refractivity contribution in [2.24, 2.45) is 0 Å². The number of nitrogens with one attached hydrogen (secondary N) is 1. The fraction of sp³-hybridized carbons (Fsp3) is 0.120. The van der Waals surface area contributed by atoms with Crippen LogP contribution in [-0.4, -0.2) is 13.0 Å². The molecule has 0 aliphatic rings. The van der Waals surface area contributed by atoms with Crippen molar-refractivity contribution in [2.45, 2.75) is 13.5 Å². The minimum Gasteiger partial charge on any atom is -0.497 e. The Hall–Kier alpha value is -4.04. The molecule has 3 rings (SSSR count). The lowest BCUT2D eigenvalue weighted by atomic mass is 10.1. The van der Waals surface area contributed by atoms with E-state index in [2.05, 4.69) is 5.32 Å². The molecule has 0 aliphatic carbocycles. The van der Waals surface area contributed by atoms with E-state index in [0.29, 0.717) is 18.0 Å². The number of ether oxygens (including phenoxy) is 2. The Morgan fingerprint density at radius 2 is 1.73 bits per heavy atom. The van der Waals surface area contributed by atoms with Crippen LogP contribution in [0.3, 0.4) is 0 Å². The molecule has 150 valence electrons. The first-order chi connectivity index (χ1) is 14.6. The number of hydrogen-bond acceptors (Lipinski definition) is 4. The first kappa shape index (κ1) is 20.7. The summed E-state index contributed by atoms with van der Waals surface area (Å²) in [6.07, 6.45) is 1.57. The summed E-state index contributed by atoms with van der Waals surface area (Å²) >= 11 is 0. The third kappa shape index (κ3) is 5.49.